The van der Waals surface area contributed by atoms with Gasteiger partial charge in [0.1, 0.15) is 17.6 Å². The highest BCUT2D eigenvalue weighted by atomic mass is 16.6. The van der Waals surface area contributed by atoms with Crippen LogP contribution >= 0.6 is 0 Å². The van der Waals surface area contributed by atoms with E-state index in [0.717, 1.165) is 19.3 Å². The molecule has 0 aromatic carbocycles. The lowest BCUT2D eigenvalue weighted by Crippen LogP contribution is -2.34. The second kappa shape index (κ2) is 8.53. The van der Waals surface area contributed by atoms with Crippen LogP contribution in [0.15, 0.2) is 0 Å². The fourth-order valence-corrected chi connectivity index (χ4v) is 3.77. The smallest absolute Gasteiger partial charge is 0.351 e. The highest BCUT2D eigenvalue weighted by Crippen LogP contribution is 2.40. The minimum absolute atomic E-state index is 0.0360. The van der Waals surface area contributed by atoms with Crippen LogP contribution in [0.5, 0.6) is 5.88 Å². The zero-order chi connectivity index (χ0) is 18.6. The molecule has 4 atom stereocenters. The molecular weight excluding hydrogens is 326 g/mol. The zero-order valence-corrected chi connectivity index (χ0v) is 15.0. The summed E-state index contributed by atoms with van der Waals surface area (Å²) in [5, 5.41) is 31.2. The third kappa shape index (κ3) is 4.43. The standard InChI is InChI=1S/C17H27N3O5/c1-4-6-12-9-13(7-5-8-21)16(15(12)22)25-17-14(20(23)24)10(2)18-11(3)19-17/h12-13,15-16,21-22H,4-9H2,1-3H3/t12-,13-,15+,16-/m0/s1. The number of rotatable bonds is 8. The molecular formula is C17H27N3O5. The van der Waals surface area contributed by atoms with Gasteiger partial charge in [0.25, 0.3) is 5.88 Å². The van der Waals surface area contributed by atoms with Gasteiger partial charge in [-0.05, 0) is 51.4 Å². The molecule has 1 aromatic heterocycles. The first kappa shape index (κ1) is 19.5. The molecule has 0 bridgehead atoms. The number of aromatic nitrogens is 2. The lowest BCUT2D eigenvalue weighted by Gasteiger charge is -2.23. The van der Waals surface area contributed by atoms with Gasteiger partial charge in [-0.1, -0.05) is 13.3 Å². The Hall–Kier alpha value is -1.80. The van der Waals surface area contributed by atoms with E-state index >= 15 is 0 Å². The second-order valence-corrected chi connectivity index (χ2v) is 6.75. The summed E-state index contributed by atoms with van der Waals surface area (Å²) >= 11 is 0. The van der Waals surface area contributed by atoms with Gasteiger partial charge in [-0.25, -0.2) is 4.98 Å². The molecule has 0 aliphatic heterocycles. The number of nitro groups is 1. The van der Waals surface area contributed by atoms with Crippen molar-refractivity contribution in [1.82, 2.24) is 9.97 Å². The number of aliphatic hydroxyl groups excluding tert-OH is 2. The van der Waals surface area contributed by atoms with Crippen LogP contribution in [-0.4, -0.2) is 43.9 Å². The van der Waals surface area contributed by atoms with Crippen molar-refractivity contribution in [3.8, 4) is 5.88 Å². The van der Waals surface area contributed by atoms with Crippen molar-refractivity contribution in [3.63, 3.8) is 0 Å². The lowest BCUT2D eigenvalue weighted by molar-refractivity contribution is -0.387. The van der Waals surface area contributed by atoms with Crippen molar-refractivity contribution < 1.29 is 19.9 Å². The van der Waals surface area contributed by atoms with E-state index in [4.69, 9.17) is 9.84 Å². The predicted octanol–water partition coefficient (Wildman–Crippen LogP) is 2.32. The third-order valence-electron chi connectivity index (χ3n) is 4.85. The average molecular weight is 353 g/mol. The van der Waals surface area contributed by atoms with Crippen LogP contribution in [0, 0.1) is 35.8 Å². The Balaban J connectivity index is 2.30. The summed E-state index contributed by atoms with van der Waals surface area (Å²) in [5.41, 5.74) is -0.00495. The van der Waals surface area contributed by atoms with Crippen molar-refractivity contribution in [3.05, 3.63) is 21.6 Å². The number of hydrogen-bond acceptors (Lipinski definition) is 7. The molecule has 1 aromatic rings. The Labute approximate surface area is 147 Å². The average Bonchev–Trinajstić information content (AvgIpc) is 2.81. The molecule has 0 spiro atoms. The van der Waals surface area contributed by atoms with E-state index in [-0.39, 0.29) is 35.7 Å². The number of aliphatic hydroxyl groups is 2. The predicted molar refractivity (Wildman–Crippen MR) is 91.4 cm³/mol. The lowest BCUT2D eigenvalue weighted by atomic mass is 9.97. The minimum Gasteiger partial charge on any atom is -0.466 e. The van der Waals surface area contributed by atoms with Gasteiger partial charge in [0.2, 0.25) is 0 Å². The van der Waals surface area contributed by atoms with Gasteiger partial charge in [0.15, 0.2) is 0 Å². The van der Waals surface area contributed by atoms with E-state index in [9.17, 15) is 15.2 Å². The Kier molecular flexibility index (Phi) is 6.66. The van der Waals surface area contributed by atoms with E-state index in [1.165, 1.54) is 0 Å². The molecule has 2 N–H and O–H groups in total. The molecule has 0 amide bonds. The van der Waals surface area contributed by atoms with Gasteiger partial charge in [-0.15, -0.1) is 0 Å². The molecule has 1 fully saturated rings. The SMILES string of the molecule is CCC[C@H]1C[C@H](CCCO)[C@H](Oc2nc(C)nc(C)c2[N+](=O)[O-])[C@@H]1O. The molecule has 140 valence electrons. The molecule has 25 heavy (non-hydrogen) atoms. The summed E-state index contributed by atoms with van der Waals surface area (Å²) in [6.45, 7) is 5.33. The van der Waals surface area contributed by atoms with E-state index in [1.807, 2.05) is 0 Å². The highest BCUT2D eigenvalue weighted by Gasteiger charge is 2.44. The molecule has 8 heteroatoms. The number of nitrogens with zero attached hydrogens (tertiary/aromatic N) is 3. The van der Waals surface area contributed by atoms with Crippen molar-refractivity contribution in [2.45, 2.75) is 65.1 Å². The summed E-state index contributed by atoms with van der Waals surface area (Å²) in [4.78, 5) is 19.0. The molecule has 0 unspecified atom stereocenters. The maximum atomic E-state index is 11.4. The zero-order valence-electron chi connectivity index (χ0n) is 15.0. The first-order chi connectivity index (χ1) is 11.9. The summed E-state index contributed by atoms with van der Waals surface area (Å²) < 4.78 is 5.90. The van der Waals surface area contributed by atoms with Crippen LogP contribution in [0.25, 0.3) is 0 Å². The second-order valence-electron chi connectivity index (χ2n) is 6.75. The Morgan fingerprint density at radius 2 is 2.00 bits per heavy atom. The first-order valence-corrected chi connectivity index (χ1v) is 8.84. The molecule has 2 rings (SSSR count). The van der Waals surface area contributed by atoms with Gasteiger partial charge in [0.05, 0.1) is 11.0 Å². The van der Waals surface area contributed by atoms with Crippen molar-refractivity contribution in [2.75, 3.05) is 6.61 Å². The Bertz CT molecular complexity index is 610. The van der Waals surface area contributed by atoms with Gasteiger partial charge in [-0.3, -0.25) is 10.1 Å². The van der Waals surface area contributed by atoms with Crippen LogP contribution < -0.4 is 4.74 Å². The van der Waals surface area contributed by atoms with Crippen molar-refractivity contribution in [2.24, 2.45) is 11.8 Å². The number of ether oxygens (including phenoxy) is 1. The van der Waals surface area contributed by atoms with E-state index in [2.05, 4.69) is 16.9 Å². The fourth-order valence-electron chi connectivity index (χ4n) is 3.77. The minimum atomic E-state index is -0.696. The summed E-state index contributed by atoms with van der Waals surface area (Å²) in [7, 11) is 0. The van der Waals surface area contributed by atoms with Crippen LogP contribution in [0.1, 0.15) is 50.5 Å². The van der Waals surface area contributed by atoms with Crippen LogP contribution in [0.4, 0.5) is 5.69 Å². The van der Waals surface area contributed by atoms with Gasteiger partial charge < -0.3 is 14.9 Å². The number of aryl methyl sites for hydroxylation is 2. The molecule has 1 aliphatic carbocycles. The molecule has 1 saturated carbocycles. The molecule has 1 aliphatic rings. The van der Waals surface area contributed by atoms with Crippen molar-refractivity contribution >= 4 is 5.69 Å². The Morgan fingerprint density at radius 1 is 1.28 bits per heavy atom. The molecule has 1 heterocycles. The van der Waals surface area contributed by atoms with E-state index in [1.54, 1.807) is 13.8 Å². The maximum absolute atomic E-state index is 11.4. The first-order valence-electron chi connectivity index (χ1n) is 8.84. The summed E-state index contributed by atoms with van der Waals surface area (Å²) in [5.74, 6) is 0.448. The largest absolute Gasteiger partial charge is 0.466 e. The summed E-state index contributed by atoms with van der Waals surface area (Å²) in [6.07, 6.45) is 2.67. The van der Waals surface area contributed by atoms with Gasteiger partial charge in [0, 0.05) is 6.61 Å². The quantitative estimate of drug-likeness (QED) is 0.544. The summed E-state index contributed by atoms with van der Waals surface area (Å²) in [6, 6.07) is 0. The van der Waals surface area contributed by atoms with Crippen LogP contribution in [0.3, 0.4) is 0 Å². The van der Waals surface area contributed by atoms with E-state index < -0.39 is 17.1 Å². The highest BCUT2D eigenvalue weighted by molar-refractivity contribution is 5.45. The van der Waals surface area contributed by atoms with E-state index in [0.29, 0.717) is 18.7 Å². The van der Waals surface area contributed by atoms with Crippen LogP contribution in [-0.2, 0) is 0 Å². The molecule has 0 saturated heterocycles. The topological polar surface area (TPSA) is 119 Å². The van der Waals surface area contributed by atoms with Crippen molar-refractivity contribution in [1.29, 1.82) is 0 Å². The maximum Gasteiger partial charge on any atom is 0.351 e. The Morgan fingerprint density at radius 3 is 2.60 bits per heavy atom. The third-order valence-corrected chi connectivity index (χ3v) is 4.85. The van der Waals surface area contributed by atoms with Gasteiger partial charge >= 0.3 is 5.69 Å². The fraction of sp³-hybridized carbons (Fsp3) is 0.765. The molecule has 8 nitrogen and oxygen atoms in total. The molecule has 0 radical (unpaired) electrons. The monoisotopic (exact) mass is 353 g/mol. The number of hydrogen-bond donors (Lipinski definition) is 2. The van der Waals surface area contributed by atoms with Crippen LogP contribution in [0.2, 0.25) is 0 Å². The normalized spacial score (nSPS) is 26.0. The van der Waals surface area contributed by atoms with Gasteiger partial charge in [-0.2, -0.15) is 4.98 Å².